The Morgan fingerprint density at radius 3 is 2.52 bits per heavy atom. The van der Waals surface area contributed by atoms with E-state index in [2.05, 4.69) is 15.3 Å². The molecule has 2 aromatic carbocycles. The molecule has 0 atom stereocenters. The first-order valence-corrected chi connectivity index (χ1v) is 9.00. The molecule has 1 N–H and O–H groups in total. The molecule has 2 aromatic heterocycles. The van der Waals surface area contributed by atoms with E-state index in [0.29, 0.717) is 50.3 Å². The molecule has 0 unspecified atom stereocenters. The van der Waals surface area contributed by atoms with E-state index in [-0.39, 0.29) is 5.91 Å². The molecular formula is C21H16ClN3O4. The highest BCUT2D eigenvalue weighted by atomic mass is 35.5. The fraction of sp³-hybridized carbons (Fsp3) is 0.0952. The number of fused-ring (bicyclic) bond motifs is 1. The van der Waals surface area contributed by atoms with Crippen LogP contribution in [0.25, 0.3) is 22.6 Å². The number of hydrogen-bond acceptors (Lipinski definition) is 6. The maximum atomic E-state index is 12.8. The topological polar surface area (TPSA) is 86.5 Å². The van der Waals surface area contributed by atoms with Crippen LogP contribution in [0.5, 0.6) is 11.5 Å². The van der Waals surface area contributed by atoms with Gasteiger partial charge in [-0.05, 0) is 30.3 Å². The van der Waals surface area contributed by atoms with Crippen LogP contribution in [0.15, 0.2) is 59.3 Å². The molecule has 4 rings (SSSR count). The highest BCUT2D eigenvalue weighted by molar-refractivity contribution is 6.34. The van der Waals surface area contributed by atoms with Gasteiger partial charge in [-0.3, -0.25) is 9.78 Å². The monoisotopic (exact) mass is 409 g/mol. The molecular weight excluding hydrogens is 394 g/mol. The van der Waals surface area contributed by atoms with Crippen LogP contribution < -0.4 is 14.8 Å². The van der Waals surface area contributed by atoms with Crippen LogP contribution in [0, 0.1) is 0 Å². The first kappa shape index (κ1) is 18.8. The number of ether oxygens (including phenoxy) is 2. The van der Waals surface area contributed by atoms with E-state index in [0.717, 1.165) is 0 Å². The van der Waals surface area contributed by atoms with Gasteiger partial charge in [-0.1, -0.05) is 11.6 Å². The third-order valence-corrected chi connectivity index (χ3v) is 4.59. The van der Waals surface area contributed by atoms with Crippen LogP contribution in [0.4, 0.5) is 5.69 Å². The van der Waals surface area contributed by atoms with Crippen molar-refractivity contribution in [2.75, 3.05) is 19.5 Å². The van der Waals surface area contributed by atoms with Gasteiger partial charge in [-0.25, -0.2) is 4.98 Å². The fourth-order valence-electron chi connectivity index (χ4n) is 2.79. The summed E-state index contributed by atoms with van der Waals surface area (Å²) in [7, 11) is 3.04. The number of nitrogens with one attached hydrogen (secondary N) is 1. The number of nitrogens with zero attached hydrogens (tertiary/aromatic N) is 2. The van der Waals surface area contributed by atoms with Gasteiger partial charge in [-0.15, -0.1) is 0 Å². The largest absolute Gasteiger partial charge is 0.497 e. The van der Waals surface area contributed by atoms with Crippen LogP contribution >= 0.6 is 11.6 Å². The zero-order chi connectivity index (χ0) is 20.4. The molecule has 146 valence electrons. The van der Waals surface area contributed by atoms with Crippen molar-refractivity contribution in [3.05, 3.63) is 65.4 Å². The minimum atomic E-state index is -0.358. The number of carbonyl (C=O) groups is 1. The molecule has 0 saturated carbocycles. The van der Waals surface area contributed by atoms with E-state index in [1.165, 1.54) is 14.2 Å². The first-order valence-electron chi connectivity index (χ1n) is 8.62. The standard InChI is InChI=1S/C21H16ClN3O4/c1-27-14-7-13(8-15(10-14)28-2)20(26)24-17-9-12(3-4-16(17)22)21-25-18-11-23-6-5-19(18)29-21/h3-11H,1-2H3,(H,24,26). The minimum Gasteiger partial charge on any atom is -0.497 e. The minimum absolute atomic E-state index is 0.358. The Balaban J connectivity index is 1.65. The van der Waals surface area contributed by atoms with Crippen molar-refractivity contribution in [3.63, 3.8) is 0 Å². The number of benzene rings is 2. The Bertz CT molecular complexity index is 1150. The summed E-state index contributed by atoms with van der Waals surface area (Å²) in [5, 5.41) is 3.19. The van der Waals surface area contributed by atoms with Crippen LogP contribution in [-0.4, -0.2) is 30.1 Å². The van der Waals surface area contributed by atoms with E-state index in [1.807, 2.05) is 0 Å². The number of aromatic nitrogens is 2. The fourth-order valence-corrected chi connectivity index (χ4v) is 2.96. The van der Waals surface area contributed by atoms with Gasteiger partial charge in [0, 0.05) is 29.5 Å². The molecule has 1 amide bonds. The normalized spacial score (nSPS) is 10.7. The highest BCUT2D eigenvalue weighted by Crippen LogP contribution is 2.31. The van der Waals surface area contributed by atoms with Crippen LogP contribution in [0.3, 0.4) is 0 Å². The number of oxazole rings is 1. The van der Waals surface area contributed by atoms with Crippen LogP contribution in [0.2, 0.25) is 5.02 Å². The molecule has 2 heterocycles. The molecule has 0 aliphatic carbocycles. The van der Waals surface area contributed by atoms with Crippen molar-refractivity contribution in [3.8, 4) is 23.0 Å². The van der Waals surface area contributed by atoms with Gasteiger partial charge in [0.1, 0.15) is 17.0 Å². The maximum Gasteiger partial charge on any atom is 0.255 e. The van der Waals surface area contributed by atoms with Crippen LogP contribution in [0.1, 0.15) is 10.4 Å². The summed E-state index contributed by atoms with van der Waals surface area (Å²) >= 11 is 6.29. The molecule has 4 aromatic rings. The Morgan fingerprint density at radius 2 is 1.83 bits per heavy atom. The van der Waals surface area contributed by atoms with Gasteiger partial charge in [0.25, 0.3) is 5.91 Å². The van der Waals surface area contributed by atoms with E-state index >= 15 is 0 Å². The molecule has 0 spiro atoms. The smallest absolute Gasteiger partial charge is 0.255 e. The van der Waals surface area contributed by atoms with Crippen molar-refractivity contribution < 1.29 is 18.7 Å². The van der Waals surface area contributed by atoms with E-state index < -0.39 is 0 Å². The van der Waals surface area contributed by atoms with Crippen molar-refractivity contribution in [2.24, 2.45) is 0 Å². The number of pyridine rings is 1. The number of methoxy groups -OCH3 is 2. The second kappa shape index (κ2) is 7.81. The predicted molar refractivity (Wildman–Crippen MR) is 110 cm³/mol. The summed E-state index contributed by atoms with van der Waals surface area (Å²) in [5.74, 6) is 1.06. The Kier molecular flexibility index (Phi) is 5.05. The molecule has 0 aliphatic rings. The summed E-state index contributed by atoms with van der Waals surface area (Å²) in [6, 6.07) is 11.8. The lowest BCUT2D eigenvalue weighted by Gasteiger charge is -2.11. The van der Waals surface area contributed by atoms with Gasteiger partial charge < -0.3 is 19.2 Å². The SMILES string of the molecule is COc1cc(OC)cc(C(=O)Nc2cc(-c3nc4cnccc4o3)ccc2Cl)c1. The molecule has 29 heavy (non-hydrogen) atoms. The summed E-state index contributed by atoms with van der Waals surface area (Å²) in [6.45, 7) is 0. The Hall–Kier alpha value is -3.58. The second-order valence-electron chi connectivity index (χ2n) is 6.11. The molecule has 8 heteroatoms. The molecule has 0 fully saturated rings. The van der Waals surface area contributed by atoms with Crippen molar-refractivity contribution in [1.29, 1.82) is 0 Å². The second-order valence-corrected chi connectivity index (χ2v) is 6.52. The first-order chi connectivity index (χ1) is 14.1. The van der Waals surface area contributed by atoms with Gasteiger partial charge in [0.05, 0.1) is 31.1 Å². The number of hydrogen-bond donors (Lipinski definition) is 1. The quantitative estimate of drug-likeness (QED) is 0.509. The third-order valence-electron chi connectivity index (χ3n) is 4.27. The number of rotatable bonds is 5. The van der Waals surface area contributed by atoms with E-state index in [1.54, 1.807) is 54.9 Å². The van der Waals surface area contributed by atoms with Crippen molar-refractivity contribution in [2.45, 2.75) is 0 Å². The lowest BCUT2D eigenvalue weighted by Crippen LogP contribution is -2.12. The van der Waals surface area contributed by atoms with Crippen LogP contribution in [-0.2, 0) is 0 Å². The summed E-state index contributed by atoms with van der Waals surface area (Å²) < 4.78 is 16.2. The Morgan fingerprint density at radius 1 is 1.07 bits per heavy atom. The van der Waals surface area contributed by atoms with E-state index in [4.69, 9.17) is 25.5 Å². The highest BCUT2D eigenvalue weighted by Gasteiger charge is 2.15. The van der Waals surface area contributed by atoms with Crippen molar-refractivity contribution in [1.82, 2.24) is 9.97 Å². The number of anilines is 1. The lowest BCUT2D eigenvalue weighted by molar-refractivity contribution is 0.102. The molecule has 0 saturated heterocycles. The molecule has 0 bridgehead atoms. The predicted octanol–water partition coefficient (Wildman–Crippen LogP) is 4.81. The van der Waals surface area contributed by atoms with Gasteiger partial charge in [0.2, 0.25) is 5.89 Å². The zero-order valence-corrected chi connectivity index (χ0v) is 16.4. The summed E-state index contributed by atoms with van der Waals surface area (Å²) in [4.78, 5) is 21.2. The average Bonchev–Trinajstić information content (AvgIpc) is 3.19. The van der Waals surface area contributed by atoms with E-state index in [9.17, 15) is 4.79 Å². The van der Waals surface area contributed by atoms with Gasteiger partial charge in [-0.2, -0.15) is 0 Å². The summed E-state index contributed by atoms with van der Waals surface area (Å²) in [5.41, 5.74) is 2.74. The Labute approximate surface area is 171 Å². The van der Waals surface area contributed by atoms with Gasteiger partial charge in [0.15, 0.2) is 5.58 Å². The molecule has 0 radical (unpaired) electrons. The number of carbonyl (C=O) groups excluding carboxylic acids is 1. The number of halogens is 1. The average molecular weight is 410 g/mol. The van der Waals surface area contributed by atoms with Gasteiger partial charge >= 0.3 is 0 Å². The number of amides is 1. The third kappa shape index (κ3) is 3.86. The summed E-state index contributed by atoms with van der Waals surface area (Å²) in [6.07, 6.45) is 3.25. The lowest BCUT2D eigenvalue weighted by atomic mass is 10.1. The maximum absolute atomic E-state index is 12.8. The molecule has 0 aliphatic heterocycles. The zero-order valence-electron chi connectivity index (χ0n) is 15.6. The molecule has 7 nitrogen and oxygen atoms in total. The van der Waals surface area contributed by atoms with Crippen molar-refractivity contribution >= 4 is 34.3 Å².